The molecule has 0 bridgehead atoms. The Labute approximate surface area is 113 Å². The molecule has 2 rings (SSSR count). The molecule has 3 nitrogen and oxygen atoms in total. The molecule has 0 heterocycles. The Kier molecular flexibility index (Phi) is 4.53. The van der Waals surface area contributed by atoms with E-state index in [1.54, 1.807) is 18.2 Å². The normalized spacial score (nSPS) is 23.1. The van der Waals surface area contributed by atoms with E-state index in [1.807, 2.05) is 6.92 Å². The van der Waals surface area contributed by atoms with E-state index < -0.39 is 0 Å². The number of halogens is 1. The maximum Gasteiger partial charge on any atom is 0.230 e. The monoisotopic (exact) mass is 264 g/mol. The van der Waals surface area contributed by atoms with E-state index in [0.717, 1.165) is 19.3 Å². The van der Waals surface area contributed by atoms with Crippen molar-refractivity contribution in [2.75, 3.05) is 11.4 Å². The highest BCUT2D eigenvalue weighted by molar-refractivity contribution is 5.95. The van der Waals surface area contributed by atoms with Gasteiger partial charge in [-0.05, 0) is 38.3 Å². The third kappa shape index (κ3) is 3.13. The number of nitrogens with two attached hydrogens (primary N) is 1. The van der Waals surface area contributed by atoms with Crippen LogP contribution in [0.1, 0.15) is 32.6 Å². The number of nitrogens with zero attached hydrogens (tertiary/aromatic N) is 1. The van der Waals surface area contributed by atoms with Crippen LogP contribution in [0.4, 0.5) is 10.1 Å². The van der Waals surface area contributed by atoms with Crippen LogP contribution in [0.15, 0.2) is 24.3 Å². The molecule has 0 saturated heterocycles. The van der Waals surface area contributed by atoms with Gasteiger partial charge in [-0.15, -0.1) is 0 Å². The van der Waals surface area contributed by atoms with Gasteiger partial charge in [0.25, 0.3) is 0 Å². The third-order valence-electron chi connectivity index (χ3n) is 3.79. The number of anilines is 1. The third-order valence-corrected chi connectivity index (χ3v) is 3.79. The van der Waals surface area contributed by atoms with Gasteiger partial charge < -0.3 is 10.6 Å². The molecule has 0 aromatic heterocycles. The number of benzene rings is 1. The maximum absolute atomic E-state index is 13.8. The molecule has 0 spiro atoms. The van der Waals surface area contributed by atoms with Gasteiger partial charge in [0, 0.05) is 18.5 Å². The van der Waals surface area contributed by atoms with Crippen molar-refractivity contribution >= 4 is 11.6 Å². The number of carbonyl (C=O) groups excluding carboxylic acids is 1. The summed E-state index contributed by atoms with van der Waals surface area (Å²) in [6.07, 6.45) is 3.53. The van der Waals surface area contributed by atoms with E-state index in [1.165, 1.54) is 11.0 Å². The van der Waals surface area contributed by atoms with Crippen LogP contribution in [-0.4, -0.2) is 18.5 Å². The van der Waals surface area contributed by atoms with Crippen molar-refractivity contribution in [2.24, 2.45) is 11.7 Å². The smallest absolute Gasteiger partial charge is 0.230 e. The number of rotatable bonds is 3. The lowest BCUT2D eigenvalue weighted by atomic mass is 9.85. The zero-order chi connectivity index (χ0) is 13.8. The molecule has 19 heavy (non-hydrogen) atoms. The van der Waals surface area contributed by atoms with Gasteiger partial charge in [0.05, 0.1) is 5.69 Å². The van der Waals surface area contributed by atoms with E-state index in [-0.39, 0.29) is 23.7 Å². The Bertz CT molecular complexity index is 450. The molecule has 0 radical (unpaired) electrons. The zero-order valence-electron chi connectivity index (χ0n) is 11.3. The fourth-order valence-corrected chi connectivity index (χ4v) is 2.79. The zero-order valence-corrected chi connectivity index (χ0v) is 11.3. The summed E-state index contributed by atoms with van der Waals surface area (Å²) in [4.78, 5) is 14.1. The first-order valence-corrected chi connectivity index (χ1v) is 6.95. The first-order valence-electron chi connectivity index (χ1n) is 6.95. The van der Waals surface area contributed by atoms with Crippen LogP contribution in [0.5, 0.6) is 0 Å². The molecule has 1 aliphatic rings. The van der Waals surface area contributed by atoms with Gasteiger partial charge in [0.15, 0.2) is 0 Å². The summed E-state index contributed by atoms with van der Waals surface area (Å²) in [5.74, 6) is -0.413. The average Bonchev–Trinajstić information content (AvgIpc) is 2.41. The Morgan fingerprint density at radius 3 is 2.79 bits per heavy atom. The molecule has 2 atom stereocenters. The Balaban J connectivity index is 2.17. The number of hydrogen-bond donors (Lipinski definition) is 1. The van der Waals surface area contributed by atoms with Crippen molar-refractivity contribution < 1.29 is 9.18 Å². The van der Waals surface area contributed by atoms with Crippen LogP contribution in [0.25, 0.3) is 0 Å². The summed E-state index contributed by atoms with van der Waals surface area (Å²) in [7, 11) is 0. The Morgan fingerprint density at radius 1 is 1.42 bits per heavy atom. The number of para-hydroxylation sites is 1. The van der Waals surface area contributed by atoms with Gasteiger partial charge in [-0.2, -0.15) is 0 Å². The van der Waals surface area contributed by atoms with Crippen molar-refractivity contribution in [3.05, 3.63) is 30.1 Å². The predicted molar refractivity (Wildman–Crippen MR) is 74.4 cm³/mol. The molecule has 0 aliphatic heterocycles. The number of amides is 1. The minimum atomic E-state index is -0.349. The van der Waals surface area contributed by atoms with Crippen molar-refractivity contribution in [3.63, 3.8) is 0 Å². The summed E-state index contributed by atoms with van der Waals surface area (Å²) >= 11 is 0. The van der Waals surface area contributed by atoms with Crippen LogP contribution >= 0.6 is 0 Å². The van der Waals surface area contributed by atoms with Crippen LogP contribution in [0, 0.1) is 11.7 Å². The Hall–Kier alpha value is -1.42. The van der Waals surface area contributed by atoms with Gasteiger partial charge in [-0.1, -0.05) is 18.6 Å². The van der Waals surface area contributed by atoms with E-state index in [4.69, 9.17) is 5.73 Å². The maximum atomic E-state index is 13.8. The van der Waals surface area contributed by atoms with Gasteiger partial charge >= 0.3 is 0 Å². The van der Waals surface area contributed by atoms with Crippen LogP contribution in [0.2, 0.25) is 0 Å². The van der Waals surface area contributed by atoms with E-state index >= 15 is 0 Å². The molecule has 1 aliphatic carbocycles. The lowest BCUT2D eigenvalue weighted by Crippen LogP contribution is -2.41. The topological polar surface area (TPSA) is 46.3 Å². The van der Waals surface area contributed by atoms with Gasteiger partial charge in [0.2, 0.25) is 5.91 Å². The van der Waals surface area contributed by atoms with Crippen molar-refractivity contribution in [2.45, 2.75) is 38.6 Å². The molecule has 2 unspecified atom stereocenters. The summed E-state index contributed by atoms with van der Waals surface area (Å²) in [6, 6.07) is 6.52. The van der Waals surface area contributed by atoms with E-state index in [2.05, 4.69) is 0 Å². The molecule has 1 fully saturated rings. The lowest BCUT2D eigenvalue weighted by molar-refractivity contribution is -0.123. The van der Waals surface area contributed by atoms with Gasteiger partial charge in [0.1, 0.15) is 5.82 Å². The molecule has 4 heteroatoms. The summed E-state index contributed by atoms with van der Waals surface area (Å²) < 4.78 is 13.8. The fourth-order valence-electron chi connectivity index (χ4n) is 2.79. The van der Waals surface area contributed by atoms with Gasteiger partial charge in [-0.3, -0.25) is 4.79 Å². The second-order valence-corrected chi connectivity index (χ2v) is 5.16. The number of hydrogen-bond acceptors (Lipinski definition) is 2. The second kappa shape index (κ2) is 6.15. The molecule has 1 amide bonds. The highest BCUT2D eigenvalue weighted by atomic mass is 19.1. The largest absolute Gasteiger partial charge is 0.328 e. The van der Waals surface area contributed by atoms with E-state index in [0.29, 0.717) is 18.7 Å². The molecular weight excluding hydrogens is 243 g/mol. The highest BCUT2D eigenvalue weighted by Gasteiger charge is 2.29. The van der Waals surface area contributed by atoms with E-state index in [9.17, 15) is 9.18 Å². The van der Waals surface area contributed by atoms with Crippen LogP contribution < -0.4 is 10.6 Å². The molecule has 1 saturated carbocycles. The second-order valence-electron chi connectivity index (χ2n) is 5.16. The van der Waals surface area contributed by atoms with Crippen LogP contribution in [-0.2, 0) is 4.79 Å². The molecular formula is C15H21FN2O. The quantitative estimate of drug-likeness (QED) is 0.912. The molecule has 2 N–H and O–H groups in total. The number of carbonyl (C=O) groups is 1. The summed E-state index contributed by atoms with van der Waals surface area (Å²) in [5, 5.41) is 0. The highest BCUT2D eigenvalue weighted by Crippen LogP contribution is 2.28. The average molecular weight is 264 g/mol. The van der Waals surface area contributed by atoms with Crippen molar-refractivity contribution in [1.82, 2.24) is 0 Å². The Morgan fingerprint density at radius 2 is 2.16 bits per heavy atom. The van der Waals surface area contributed by atoms with Crippen molar-refractivity contribution in [3.8, 4) is 0 Å². The first kappa shape index (κ1) is 14.0. The molecule has 1 aromatic rings. The summed E-state index contributed by atoms with van der Waals surface area (Å²) in [5.41, 5.74) is 6.30. The molecule has 104 valence electrons. The van der Waals surface area contributed by atoms with Crippen LogP contribution in [0.3, 0.4) is 0 Å². The lowest BCUT2D eigenvalue weighted by Gasteiger charge is -2.31. The van der Waals surface area contributed by atoms with Crippen molar-refractivity contribution in [1.29, 1.82) is 0 Å². The predicted octanol–water partition coefficient (Wildman–Crippen LogP) is 2.70. The minimum Gasteiger partial charge on any atom is -0.328 e. The summed E-state index contributed by atoms with van der Waals surface area (Å²) in [6.45, 7) is 2.35. The fraction of sp³-hybridized carbons (Fsp3) is 0.533. The van der Waals surface area contributed by atoms with Gasteiger partial charge in [-0.25, -0.2) is 4.39 Å². The molecule has 1 aromatic carbocycles. The standard InChI is InChI=1S/C15H21FN2O/c1-2-18(14-9-4-3-8-13(14)16)15(19)11-6-5-7-12(17)10-11/h3-4,8-9,11-12H,2,5-7,10,17H2,1H3. The minimum absolute atomic E-state index is 0.00255. The first-order chi connectivity index (χ1) is 9.13. The SMILES string of the molecule is CCN(C(=O)C1CCCC(N)C1)c1ccccc1F.